The minimum Gasteiger partial charge on any atom is -0.496 e. The first-order valence-electron chi connectivity index (χ1n) is 6.14. The number of carbonyl (C=O) groups excluding carboxylic acids is 1. The summed E-state index contributed by atoms with van der Waals surface area (Å²) in [5.74, 6) is 0.535. The van der Waals surface area contributed by atoms with Crippen molar-refractivity contribution >= 4 is 28.5 Å². The summed E-state index contributed by atoms with van der Waals surface area (Å²) in [7, 11) is 1.61. The second-order valence-corrected chi connectivity index (χ2v) is 5.22. The van der Waals surface area contributed by atoms with Gasteiger partial charge in [-0.25, -0.2) is 4.98 Å². The number of anilines is 1. The standard InChI is InChI=1S/C15H16N2O2S/c1-10-4-6-13(19-3)12(8-10)5-7-14(18)17-15-16-11(2)9-20-15/h4-9H,1-3H3,(H,16,17,18)/b7-5+. The number of nitrogens with zero attached hydrogens (tertiary/aromatic N) is 1. The Morgan fingerprint density at radius 1 is 1.40 bits per heavy atom. The van der Waals surface area contributed by atoms with Crippen molar-refractivity contribution in [1.29, 1.82) is 0 Å². The number of methoxy groups -OCH3 is 1. The topological polar surface area (TPSA) is 51.2 Å². The Kier molecular flexibility index (Phi) is 4.53. The highest BCUT2D eigenvalue weighted by Crippen LogP contribution is 2.21. The molecule has 2 aromatic rings. The third-order valence-corrected chi connectivity index (χ3v) is 3.52. The molecule has 5 heteroatoms. The van der Waals surface area contributed by atoms with Gasteiger partial charge in [0.05, 0.1) is 12.8 Å². The maximum absolute atomic E-state index is 11.8. The van der Waals surface area contributed by atoms with Crippen molar-refractivity contribution in [2.75, 3.05) is 12.4 Å². The van der Waals surface area contributed by atoms with Gasteiger partial charge in [0.25, 0.3) is 0 Å². The molecule has 0 aliphatic carbocycles. The van der Waals surface area contributed by atoms with E-state index < -0.39 is 0 Å². The van der Waals surface area contributed by atoms with Crippen LogP contribution in [0.15, 0.2) is 29.7 Å². The summed E-state index contributed by atoms with van der Waals surface area (Å²) in [5.41, 5.74) is 2.88. The van der Waals surface area contributed by atoms with E-state index in [2.05, 4.69) is 10.3 Å². The Hall–Kier alpha value is -2.14. The smallest absolute Gasteiger partial charge is 0.250 e. The van der Waals surface area contributed by atoms with E-state index in [0.717, 1.165) is 22.6 Å². The molecular formula is C15H16N2O2S. The molecule has 0 radical (unpaired) electrons. The van der Waals surface area contributed by atoms with Crippen LogP contribution in [0.4, 0.5) is 5.13 Å². The molecule has 0 saturated carbocycles. The van der Waals surface area contributed by atoms with Crippen LogP contribution in [0.1, 0.15) is 16.8 Å². The normalized spacial score (nSPS) is 10.8. The zero-order chi connectivity index (χ0) is 14.5. The zero-order valence-corrected chi connectivity index (χ0v) is 12.5. The van der Waals surface area contributed by atoms with Gasteiger partial charge in [0.2, 0.25) is 5.91 Å². The molecule has 1 N–H and O–H groups in total. The van der Waals surface area contributed by atoms with E-state index in [9.17, 15) is 4.79 Å². The number of nitrogens with one attached hydrogen (secondary N) is 1. The number of rotatable bonds is 4. The van der Waals surface area contributed by atoms with Crippen molar-refractivity contribution in [3.05, 3.63) is 46.5 Å². The predicted octanol–water partition coefficient (Wildman–Crippen LogP) is 3.42. The molecular weight excluding hydrogens is 272 g/mol. The van der Waals surface area contributed by atoms with Crippen molar-refractivity contribution < 1.29 is 9.53 Å². The maximum Gasteiger partial charge on any atom is 0.250 e. The second kappa shape index (κ2) is 6.34. The third kappa shape index (κ3) is 3.68. The number of hydrogen-bond donors (Lipinski definition) is 1. The Morgan fingerprint density at radius 3 is 2.85 bits per heavy atom. The summed E-state index contributed by atoms with van der Waals surface area (Å²) >= 11 is 1.41. The lowest BCUT2D eigenvalue weighted by Crippen LogP contribution is -2.07. The molecule has 0 unspecified atom stereocenters. The highest BCUT2D eigenvalue weighted by molar-refractivity contribution is 7.13. The average molecular weight is 288 g/mol. The molecule has 1 amide bonds. The number of ether oxygens (including phenoxy) is 1. The second-order valence-electron chi connectivity index (χ2n) is 4.36. The molecule has 1 aromatic heterocycles. The summed E-state index contributed by atoms with van der Waals surface area (Å²) < 4.78 is 5.26. The fourth-order valence-electron chi connectivity index (χ4n) is 1.71. The molecule has 2 rings (SSSR count). The van der Waals surface area contributed by atoms with Gasteiger partial charge in [0.1, 0.15) is 5.75 Å². The van der Waals surface area contributed by atoms with Crippen LogP contribution in [-0.4, -0.2) is 18.0 Å². The molecule has 20 heavy (non-hydrogen) atoms. The third-order valence-electron chi connectivity index (χ3n) is 2.65. The lowest BCUT2D eigenvalue weighted by molar-refractivity contribution is -0.111. The molecule has 1 aromatic carbocycles. The number of hydrogen-bond acceptors (Lipinski definition) is 4. The molecule has 0 aliphatic heterocycles. The van der Waals surface area contributed by atoms with Gasteiger partial charge in [-0.1, -0.05) is 11.6 Å². The Bertz CT molecular complexity index is 647. The van der Waals surface area contributed by atoms with Gasteiger partial charge in [0.15, 0.2) is 5.13 Å². The van der Waals surface area contributed by atoms with Gasteiger partial charge in [0, 0.05) is 17.0 Å². The highest BCUT2D eigenvalue weighted by atomic mass is 32.1. The lowest BCUT2D eigenvalue weighted by Gasteiger charge is -2.05. The van der Waals surface area contributed by atoms with Crippen LogP contribution < -0.4 is 10.1 Å². The fourth-order valence-corrected chi connectivity index (χ4v) is 2.40. The number of thiazole rings is 1. The number of aryl methyl sites for hydroxylation is 2. The first-order valence-corrected chi connectivity index (χ1v) is 7.02. The molecule has 1 heterocycles. The summed E-state index contributed by atoms with van der Waals surface area (Å²) in [5, 5.41) is 5.22. The SMILES string of the molecule is COc1ccc(C)cc1/C=C/C(=O)Nc1nc(C)cs1. The van der Waals surface area contributed by atoms with Crippen LogP contribution >= 0.6 is 11.3 Å². The van der Waals surface area contributed by atoms with Gasteiger partial charge < -0.3 is 4.74 Å². The Labute approximate surface area is 122 Å². The van der Waals surface area contributed by atoms with Gasteiger partial charge >= 0.3 is 0 Å². The molecule has 0 aliphatic rings. The summed E-state index contributed by atoms with van der Waals surface area (Å²) in [6, 6.07) is 5.82. The van der Waals surface area contributed by atoms with Crippen molar-refractivity contribution in [3.8, 4) is 5.75 Å². The van der Waals surface area contributed by atoms with Crippen LogP contribution in [0, 0.1) is 13.8 Å². The van der Waals surface area contributed by atoms with Crippen LogP contribution in [0.25, 0.3) is 6.08 Å². The van der Waals surface area contributed by atoms with Crippen LogP contribution in [0.3, 0.4) is 0 Å². The minimum absolute atomic E-state index is 0.206. The molecule has 0 bridgehead atoms. The van der Waals surface area contributed by atoms with E-state index in [0.29, 0.717) is 5.13 Å². The number of aromatic nitrogens is 1. The van der Waals surface area contributed by atoms with Gasteiger partial charge in [-0.15, -0.1) is 11.3 Å². The largest absolute Gasteiger partial charge is 0.496 e. The quantitative estimate of drug-likeness (QED) is 0.877. The zero-order valence-electron chi connectivity index (χ0n) is 11.6. The predicted molar refractivity (Wildman–Crippen MR) is 82.2 cm³/mol. The van der Waals surface area contributed by atoms with Gasteiger partial charge in [-0.05, 0) is 32.1 Å². The summed E-state index contributed by atoms with van der Waals surface area (Å²) in [4.78, 5) is 16.0. The van der Waals surface area contributed by atoms with E-state index in [4.69, 9.17) is 4.74 Å². The van der Waals surface area contributed by atoms with Crippen LogP contribution in [0.2, 0.25) is 0 Å². The molecule has 104 valence electrons. The fraction of sp³-hybridized carbons (Fsp3) is 0.200. The summed E-state index contributed by atoms with van der Waals surface area (Å²) in [6.45, 7) is 3.88. The number of amides is 1. The van der Waals surface area contributed by atoms with E-state index in [1.807, 2.05) is 37.4 Å². The summed E-state index contributed by atoms with van der Waals surface area (Å²) in [6.07, 6.45) is 3.22. The van der Waals surface area contributed by atoms with E-state index in [1.165, 1.54) is 17.4 Å². The minimum atomic E-state index is -0.206. The van der Waals surface area contributed by atoms with Gasteiger partial charge in [-0.3, -0.25) is 10.1 Å². The number of carbonyl (C=O) groups is 1. The monoisotopic (exact) mass is 288 g/mol. The van der Waals surface area contributed by atoms with E-state index in [1.54, 1.807) is 13.2 Å². The van der Waals surface area contributed by atoms with Crippen LogP contribution in [-0.2, 0) is 4.79 Å². The maximum atomic E-state index is 11.8. The Morgan fingerprint density at radius 2 is 2.20 bits per heavy atom. The van der Waals surface area contributed by atoms with Crippen molar-refractivity contribution in [2.45, 2.75) is 13.8 Å². The first-order chi connectivity index (χ1) is 9.58. The van der Waals surface area contributed by atoms with E-state index in [-0.39, 0.29) is 5.91 Å². The average Bonchev–Trinajstić information content (AvgIpc) is 2.82. The van der Waals surface area contributed by atoms with Crippen molar-refractivity contribution in [1.82, 2.24) is 4.98 Å². The molecule has 0 saturated heterocycles. The van der Waals surface area contributed by atoms with Gasteiger partial charge in [-0.2, -0.15) is 0 Å². The van der Waals surface area contributed by atoms with Crippen molar-refractivity contribution in [3.63, 3.8) is 0 Å². The Balaban J connectivity index is 2.09. The molecule has 0 fully saturated rings. The number of benzene rings is 1. The molecule has 4 nitrogen and oxygen atoms in total. The first kappa shape index (κ1) is 14.3. The van der Waals surface area contributed by atoms with Crippen molar-refractivity contribution in [2.24, 2.45) is 0 Å². The highest BCUT2D eigenvalue weighted by Gasteiger charge is 2.03. The molecule has 0 atom stereocenters. The van der Waals surface area contributed by atoms with E-state index >= 15 is 0 Å². The lowest BCUT2D eigenvalue weighted by atomic mass is 10.1. The van der Waals surface area contributed by atoms with Crippen LogP contribution in [0.5, 0.6) is 5.75 Å². The molecule has 0 spiro atoms.